The summed E-state index contributed by atoms with van der Waals surface area (Å²) in [6.45, 7) is 11.2. The maximum atomic E-state index is 6.00. The summed E-state index contributed by atoms with van der Waals surface area (Å²) in [5, 5.41) is 0. The zero-order valence-electron chi connectivity index (χ0n) is 9.46. The van der Waals surface area contributed by atoms with E-state index in [4.69, 9.17) is 4.74 Å². The SMILES string of the molecule is CCN1CCCC2(C1)OCCN2CC. The van der Waals surface area contributed by atoms with Crippen molar-refractivity contribution in [3.05, 3.63) is 0 Å². The van der Waals surface area contributed by atoms with Crippen LogP contribution in [-0.2, 0) is 4.74 Å². The fourth-order valence-corrected chi connectivity index (χ4v) is 2.82. The average molecular weight is 198 g/mol. The summed E-state index contributed by atoms with van der Waals surface area (Å²) in [4.78, 5) is 5.02. The Morgan fingerprint density at radius 2 is 2.07 bits per heavy atom. The van der Waals surface area contributed by atoms with Gasteiger partial charge in [-0.3, -0.25) is 9.80 Å². The largest absolute Gasteiger partial charge is 0.358 e. The van der Waals surface area contributed by atoms with Gasteiger partial charge in [-0.1, -0.05) is 13.8 Å². The number of likely N-dealkylation sites (tertiary alicyclic amines) is 1. The van der Waals surface area contributed by atoms with Crippen LogP contribution in [0.3, 0.4) is 0 Å². The lowest BCUT2D eigenvalue weighted by Gasteiger charge is -2.44. The summed E-state index contributed by atoms with van der Waals surface area (Å²) in [5.41, 5.74) is 0.0724. The Morgan fingerprint density at radius 1 is 1.21 bits per heavy atom. The van der Waals surface area contributed by atoms with Crippen LogP contribution in [-0.4, -0.2) is 54.9 Å². The van der Waals surface area contributed by atoms with E-state index in [-0.39, 0.29) is 5.72 Å². The lowest BCUT2D eigenvalue weighted by Crippen LogP contribution is -2.56. The normalized spacial score (nSPS) is 35.6. The molecule has 2 heterocycles. The van der Waals surface area contributed by atoms with Crippen molar-refractivity contribution in [1.29, 1.82) is 0 Å². The molecule has 0 aromatic rings. The van der Waals surface area contributed by atoms with Crippen LogP contribution >= 0.6 is 0 Å². The second kappa shape index (κ2) is 4.17. The molecule has 1 unspecified atom stereocenters. The number of hydrogen-bond donors (Lipinski definition) is 0. The molecule has 14 heavy (non-hydrogen) atoms. The van der Waals surface area contributed by atoms with E-state index in [2.05, 4.69) is 23.6 Å². The minimum atomic E-state index is 0.0724. The fraction of sp³-hybridized carbons (Fsp3) is 1.00. The maximum Gasteiger partial charge on any atom is 0.134 e. The average Bonchev–Trinajstić information content (AvgIpc) is 2.60. The highest BCUT2D eigenvalue weighted by Gasteiger charge is 2.44. The molecule has 82 valence electrons. The van der Waals surface area contributed by atoms with Gasteiger partial charge in [0, 0.05) is 13.1 Å². The number of ether oxygens (including phenoxy) is 1. The van der Waals surface area contributed by atoms with Crippen LogP contribution < -0.4 is 0 Å². The number of likely N-dealkylation sites (N-methyl/N-ethyl adjacent to an activating group) is 2. The Kier molecular flexibility index (Phi) is 3.10. The molecule has 2 rings (SSSR count). The molecule has 0 aromatic carbocycles. The predicted molar refractivity (Wildman–Crippen MR) is 57.3 cm³/mol. The third-order valence-corrected chi connectivity index (χ3v) is 3.65. The highest BCUT2D eigenvalue weighted by molar-refractivity contribution is 4.91. The molecule has 1 atom stereocenters. The van der Waals surface area contributed by atoms with Crippen LogP contribution in [0.25, 0.3) is 0 Å². The lowest BCUT2D eigenvalue weighted by atomic mass is 10.00. The molecule has 2 fully saturated rings. The second-order valence-electron chi connectivity index (χ2n) is 4.35. The van der Waals surface area contributed by atoms with E-state index in [0.29, 0.717) is 0 Å². The third kappa shape index (κ3) is 1.69. The maximum absolute atomic E-state index is 6.00. The Balaban J connectivity index is 2.05. The topological polar surface area (TPSA) is 15.7 Å². The highest BCUT2D eigenvalue weighted by Crippen LogP contribution is 2.32. The monoisotopic (exact) mass is 198 g/mol. The third-order valence-electron chi connectivity index (χ3n) is 3.65. The van der Waals surface area contributed by atoms with Gasteiger partial charge in [-0.2, -0.15) is 0 Å². The quantitative estimate of drug-likeness (QED) is 0.662. The number of hydrogen-bond acceptors (Lipinski definition) is 3. The summed E-state index contributed by atoms with van der Waals surface area (Å²) in [7, 11) is 0. The zero-order chi connectivity index (χ0) is 10.0. The van der Waals surface area contributed by atoms with Crippen molar-refractivity contribution in [2.45, 2.75) is 32.4 Å². The summed E-state index contributed by atoms with van der Waals surface area (Å²) in [6.07, 6.45) is 2.50. The van der Waals surface area contributed by atoms with Crippen molar-refractivity contribution in [2.24, 2.45) is 0 Å². The molecule has 0 amide bonds. The Bertz CT molecular complexity index is 198. The summed E-state index contributed by atoms with van der Waals surface area (Å²) in [5.74, 6) is 0. The van der Waals surface area contributed by atoms with Crippen LogP contribution in [0.1, 0.15) is 26.7 Å². The van der Waals surface area contributed by atoms with Crippen molar-refractivity contribution in [1.82, 2.24) is 9.80 Å². The molecular weight excluding hydrogens is 176 g/mol. The summed E-state index contributed by atoms with van der Waals surface area (Å²) in [6, 6.07) is 0. The van der Waals surface area contributed by atoms with E-state index < -0.39 is 0 Å². The number of rotatable bonds is 2. The standard InChI is InChI=1S/C11H22N2O/c1-3-12-7-5-6-11(10-12)13(4-2)8-9-14-11/h3-10H2,1-2H3. The van der Waals surface area contributed by atoms with Crippen LogP contribution in [0.5, 0.6) is 0 Å². The van der Waals surface area contributed by atoms with Gasteiger partial charge in [-0.25, -0.2) is 0 Å². The first kappa shape index (κ1) is 10.4. The number of nitrogens with zero attached hydrogens (tertiary/aromatic N) is 2. The summed E-state index contributed by atoms with van der Waals surface area (Å²) < 4.78 is 6.00. The zero-order valence-corrected chi connectivity index (χ0v) is 9.46. The molecule has 2 saturated heterocycles. The Labute approximate surface area is 87.0 Å². The molecule has 0 saturated carbocycles. The van der Waals surface area contributed by atoms with Crippen LogP contribution in [0.4, 0.5) is 0 Å². The van der Waals surface area contributed by atoms with Gasteiger partial charge < -0.3 is 4.74 Å². The number of piperidine rings is 1. The molecule has 2 aliphatic heterocycles. The van der Waals surface area contributed by atoms with Gasteiger partial charge in [0.1, 0.15) is 5.72 Å². The predicted octanol–water partition coefficient (Wildman–Crippen LogP) is 1.15. The van der Waals surface area contributed by atoms with E-state index in [1.54, 1.807) is 0 Å². The molecular formula is C11H22N2O. The van der Waals surface area contributed by atoms with Gasteiger partial charge in [-0.15, -0.1) is 0 Å². The minimum absolute atomic E-state index is 0.0724. The van der Waals surface area contributed by atoms with E-state index in [9.17, 15) is 0 Å². The van der Waals surface area contributed by atoms with Crippen molar-refractivity contribution in [3.8, 4) is 0 Å². The molecule has 1 spiro atoms. The Morgan fingerprint density at radius 3 is 2.79 bits per heavy atom. The van der Waals surface area contributed by atoms with Gasteiger partial charge in [0.05, 0.1) is 6.61 Å². The minimum Gasteiger partial charge on any atom is -0.358 e. The first-order chi connectivity index (χ1) is 6.80. The van der Waals surface area contributed by atoms with Crippen molar-refractivity contribution >= 4 is 0 Å². The van der Waals surface area contributed by atoms with Crippen LogP contribution in [0, 0.1) is 0 Å². The molecule has 0 radical (unpaired) electrons. The highest BCUT2D eigenvalue weighted by atomic mass is 16.5. The molecule has 0 aliphatic carbocycles. The van der Waals surface area contributed by atoms with Gasteiger partial charge in [0.2, 0.25) is 0 Å². The van der Waals surface area contributed by atoms with E-state index in [1.807, 2.05) is 0 Å². The van der Waals surface area contributed by atoms with Gasteiger partial charge in [0.15, 0.2) is 0 Å². The van der Waals surface area contributed by atoms with Gasteiger partial charge in [-0.05, 0) is 32.5 Å². The van der Waals surface area contributed by atoms with E-state index in [0.717, 1.165) is 32.8 Å². The van der Waals surface area contributed by atoms with Crippen molar-refractivity contribution in [2.75, 3.05) is 39.3 Å². The molecule has 3 heteroatoms. The van der Waals surface area contributed by atoms with Gasteiger partial charge >= 0.3 is 0 Å². The summed E-state index contributed by atoms with van der Waals surface area (Å²) >= 11 is 0. The van der Waals surface area contributed by atoms with Crippen molar-refractivity contribution < 1.29 is 4.74 Å². The molecule has 0 aromatic heterocycles. The fourth-order valence-electron chi connectivity index (χ4n) is 2.82. The van der Waals surface area contributed by atoms with E-state index >= 15 is 0 Å². The Hall–Kier alpha value is -0.120. The van der Waals surface area contributed by atoms with Crippen LogP contribution in [0.2, 0.25) is 0 Å². The van der Waals surface area contributed by atoms with E-state index in [1.165, 1.54) is 19.4 Å². The first-order valence-corrected chi connectivity index (χ1v) is 5.92. The second-order valence-corrected chi connectivity index (χ2v) is 4.35. The van der Waals surface area contributed by atoms with Crippen molar-refractivity contribution in [3.63, 3.8) is 0 Å². The molecule has 0 N–H and O–H groups in total. The lowest BCUT2D eigenvalue weighted by molar-refractivity contribution is -0.122. The van der Waals surface area contributed by atoms with Gasteiger partial charge in [0.25, 0.3) is 0 Å². The first-order valence-electron chi connectivity index (χ1n) is 5.92. The molecule has 2 aliphatic rings. The molecule has 0 bridgehead atoms. The molecule has 3 nitrogen and oxygen atoms in total. The smallest absolute Gasteiger partial charge is 0.134 e. The van der Waals surface area contributed by atoms with Crippen LogP contribution in [0.15, 0.2) is 0 Å².